The van der Waals surface area contributed by atoms with E-state index in [2.05, 4.69) is 19.2 Å². The molecule has 0 spiro atoms. The lowest BCUT2D eigenvalue weighted by molar-refractivity contribution is -0.129. The minimum atomic E-state index is -0.848. The van der Waals surface area contributed by atoms with Gasteiger partial charge < -0.3 is 26.4 Å². The molecule has 0 radical (unpaired) electrons. The Bertz CT molecular complexity index is 1460. The van der Waals surface area contributed by atoms with Crippen LogP contribution in [0.25, 0.3) is 0 Å². The third-order valence-electron chi connectivity index (χ3n) is 8.11. The first-order valence-corrected chi connectivity index (χ1v) is 15.3. The smallest absolute Gasteiger partial charge is 0.254 e. The maximum Gasteiger partial charge on any atom is 0.254 e. The molecule has 1 unspecified atom stereocenters. The van der Waals surface area contributed by atoms with E-state index < -0.39 is 17.9 Å². The number of benzene rings is 3. The molecule has 4 rings (SSSR count). The summed E-state index contributed by atoms with van der Waals surface area (Å²) in [6.45, 7) is 4.08. The van der Waals surface area contributed by atoms with Crippen LogP contribution in [0, 0.1) is 11.3 Å². The minimum absolute atomic E-state index is 0.119. The van der Waals surface area contributed by atoms with E-state index in [9.17, 15) is 14.4 Å². The van der Waals surface area contributed by atoms with Crippen LogP contribution in [0.4, 0.5) is 0 Å². The van der Waals surface area contributed by atoms with Crippen molar-refractivity contribution < 1.29 is 19.1 Å². The Kier molecular flexibility index (Phi) is 11.1. The molecule has 3 aromatic rings. The number of amides is 3. The molecule has 3 aromatic carbocycles. The number of rotatable bonds is 13. The first kappa shape index (κ1) is 32.3. The molecule has 1 atom stereocenters. The van der Waals surface area contributed by atoms with Gasteiger partial charge in [-0.3, -0.25) is 19.8 Å². The molecule has 9 heteroatoms. The highest BCUT2D eigenvalue weighted by atomic mass is 16.5. The standard InChI is InChI=1S/C35H43N5O4/c1-23(2)26-14-16-29(17-15-26)44-30-13-6-10-25(18-30)22-40(35(43)28-12-7-11-27(20-28)33(37)38)31(34(42)39-21-32(36)41)19-24-8-4-3-5-9-24/h6-7,10-18,20,23-24,31H,3-5,8-9,19,21-22H2,1-2H3,(H2,36,41)(H3,37,38)(H,39,42). The van der Waals surface area contributed by atoms with Crippen molar-refractivity contribution in [1.82, 2.24) is 10.2 Å². The minimum Gasteiger partial charge on any atom is -0.457 e. The maximum atomic E-state index is 14.2. The lowest BCUT2D eigenvalue weighted by Gasteiger charge is -2.34. The number of ether oxygens (including phenoxy) is 1. The van der Waals surface area contributed by atoms with E-state index in [1.807, 2.05) is 48.5 Å². The zero-order valence-corrected chi connectivity index (χ0v) is 25.6. The molecular formula is C35H43N5O4. The topological polar surface area (TPSA) is 152 Å². The van der Waals surface area contributed by atoms with Crippen LogP contribution in [0.2, 0.25) is 0 Å². The second-order valence-corrected chi connectivity index (χ2v) is 11.8. The monoisotopic (exact) mass is 597 g/mol. The van der Waals surface area contributed by atoms with Crippen LogP contribution in [-0.2, 0) is 16.1 Å². The van der Waals surface area contributed by atoms with Gasteiger partial charge in [-0.25, -0.2) is 0 Å². The molecule has 44 heavy (non-hydrogen) atoms. The SMILES string of the molecule is CC(C)c1ccc(Oc2cccc(CN(C(=O)c3cccc(C(=N)N)c3)C(CC3CCCCC3)C(=O)NCC(N)=O)c2)cc1. The number of nitrogens with zero attached hydrogens (tertiary/aromatic N) is 1. The third kappa shape index (κ3) is 8.92. The second-order valence-electron chi connectivity index (χ2n) is 11.8. The molecule has 232 valence electrons. The predicted molar refractivity (Wildman–Crippen MR) is 172 cm³/mol. The Labute approximate surface area is 259 Å². The van der Waals surface area contributed by atoms with E-state index in [1.54, 1.807) is 29.2 Å². The lowest BCUT2D eigenvalue weighted by atomic mass is 9.84. The molecule has 3 amide bonds. The van der Waals surface area contributed by atoms with Crippen LogP contribution < -0.4 is 21.5 Å². The quantitative estimate of drug-likeness (QED) is 0.152. The van der Waals surface area contributed by atoms with Crippen molar-refractivity contribution in [2.75, 3.05) is 6.54 Å². The fourth-order valence-corrected chi connectivity index (χ4v) is 5.68. The molecule has 0 heterocycles. The zero-order chi connectivity index (χ0) is 31.6. The van der Waals surface area contributed by atoms with Crippen molar-refractivity contribution in [2.24, 2.45) is 17.4 Å². The number of carbonyl (C=O) groups is 3. The number of hydrogen-bond donors (Lipinski definition) is 4. The highest BCUT2D eigenvalue weighted by Crippen LogP contribution is 2.31. The van der Waals surface area contributed by atoms with Crippen LogP contribution in [-0.4, -0.2) is 41.0 Å². The Morgan fingerprint density at radius 2 is 1.59 bits per heavy atom. The molecule has 1 aliphatic rings. The van der Waals surface area contributed by atoms with Crippen molar-refractivity contribution in [3.05, 3.63) is 95.1 Å². The fraction of sp³-hybridized carbons (Fsp3) is 0.371. The van der Waals surface area contributed by atoms with Crippen molar-refractivity contribution in [1.29, 1.82) is 5.41 Å². The molecular weight excluding hydrogens is 554 g/mol. The third-order valence-corrected chi connectivity index (χ3v) is 8.11. The Hall–Kier alpha value is -4.66. The largest absolute Gasteiger partial charge is 0.457 e. The summed E-state index contributed by atoms with van der Waals surface area (Å²) in [7, 11) is 0. The van der Waals surface area contributed by atoms with Gasteiger partial charge in [0, 0.05) is 17.7 Å². The average molecular weight is 598 g/mol. The molecule has 1 saturated carbocycles. The van der Waals surface area contributed by atoms with Crippen molar-refractivity contribution >= 4 is 23.6 Å². The molecule has 0 aliphatic heterocycles. The molecule has 1 aliphatic carbocycles. The predicted octanol–water partition coefficient (Wildman–Crippen LogP) is 5.47. The van der Waals surface area contributed by atoms with Crippen molar-refractivity contribution in [3.63, 3.8) is 0 Å². The highest BCUT2D eigenvalue weighted by molar-refractivity contribution is 6.01. The van der Waals surface area contributed by atoms with E-state index >= 15 is 0 Å². The number of nitrogens with one attached hydrogen (secondary N) is 2. The van der Waals surface area contributed by atoms with Crippen LogP contribution in [0.5, 0.6) is 11.5 Å². The number of amidine groups is 1. The molecule has 6 N–H and O–H groups in total. The molecule has 9 nitrogen and oxygen atoms in total. The lowest BCUT2D eigenvalue weighted by Crippen LogP contribution is -2.51. The van der Waals surface area contributed by atoms with Gasteiger partial charge >= 0.3 is 0 Å². The van der Waals surface area contributed by atoms with Gasteiger partial charge in [-0.1, -0.05) is 82.3 Å². The summed E-state index contributed by atoms with van der Waals surface area (Å²) < 4.78 is 6.15. The Morgan fingerprint density at radius 3 is 2.25 bits per heavy atom. The van der Waals surface area contributed by atoms with Gasteiger partial charge in [0.2, 0.25) is 11.8 Å². The number of carbonyl (C=O) groups excluding carboxylic acids is 3. The van der Waals surface area contributed by atoms with E-state index in [-0.39, 0.29) is 30.8 Å². The Balaban J connectivity index is 1.68. The van der Waals surface area contributed by atoms with Crippen molar-refractivity contribution in [3.8, 4) is 11.5 Å². The summed E-state index contributed by atoms with van der Waals surface area (Å²) in [5.74, 6) is 0.351. The van der Waals surface area contributed by atoms with Gasteiger partial charge in [-0.05, 0) is 65.8 Å². The summed E-state index contributed by atoms with van der Waals surface area (Å²) in [5, 5.41) is 10.5. The van der Waals surface area contributed by atoms with Gasteiger partial charge in [-0.15, -0.1) is 0 Å². The van der Waals surface area contributed by atoms with Crippen molar-refractivity contribution in [2.45, 2.75) is 70.9 Å². The van der Waals surface area contributed by atoms with Crippen LogP contribution in [0.3, 0.4) is 0 Å². The summed E-state index contributed by atoms with van der Waals surface area (Å²) >= 11 is 0. The number of primary amides is 1. The molecule has 0 saturated heterocycles. The summed E-state index contributed by atoms with van der Waals surface area (Å²) in [5.41, 5.74) is 13.8. The number of nitrogen functional groups attached to an aromatic ring is 1. The van der Waals surface area contributed by atoms with Crippen LogP contribution in [0.15, 0.2) is 72.8 Å². The average Bonchev–Trinajstić information content (AvgIpc) is 3.02. The zero-order valence-electron chi connectivity index (χ0n) is 25.6. The van der Waals surface area contributed by atoms with E-state index in [4.69, 9.17) is 21.6 Å². The first-order valence-electron chi connectivity index (χ1n) is 15.3. The van der Waals surface area contributed by atoms with Gasteiger partial charge in [-0.2, -0.15) is 0 Å². The number of nitrogens with two attached hydrogens (primary N) is 2. The molecule has 0 aromatic heterocycles. The molecule has 1 fully saturated rings. The highest BCUT2D eigenvalue weighted by Gasteiger charge is 2.33. The van der Waals surface area contributed by atoms with Crippen LogP contribution >= 0.6 is 0 Å². The Morgan fingerprint density at radius 1 is 0.909 bits per heavy atom. The first-order chi connectivity index (χ1) is 21.1. The van der Waals surface area contributed by atoms with E-state index in [0.29, 0.717) is 35.0 Å². The van der Waals surface area contributed by atoms with Gasteiger partial charge in [0.15, 0.2) is 0 Å². The van der Waals surface area contributed by atoms with E-state index in [1.165, 1.54) is 5.56 Å². The van der Waals surface area contributed by atoms with Gasteiger partial charge in [0.05, 0.1) is 6.54 Å². The fourth-order valence-electron chi connectivity index (χ4n) is 5.68. The van der Waals surface area contributed by atoms with Gasteiger partial charge in [0.25, 0.3) is 5.91 Å². The normalized spacial score (nSPS) is 14.1. The van der Waals surface area contributed by atoms with Gasteiger partial charge in [0.1, 0.15) is 23.4 Å². The maximum absolute atomic E-state index is 14.2. The second kappa shape index (κ2) is 15.2. The summed E-state index contributed by atoms with van der Waals surface area (Å²) in [6.07, 6.45) is 5.71. The molecule has 0 bridgehead atoms. The van der Waals surface area contributed by atoms with Crippen LogP contribution in [0.1, 0.15) is 85.3 Å². The number of hydrogen-bond acceptors (Lipinski definition) is 5. The van der Waals surface area contributed by atoms with E-state index in [0.717, 1.165) is 37.7 Å². The summed E-state index contributed by atoms with van der Waals surface area (Å²) in [6, 6.07) is 21.1. The summed E-state index contributed by atoms with van der Waals surface area (Å²) in [4.78, 5) is 41.0.